The van der Waals surface area contributed by atoms with Gasteiger partial charge in [0.2, 0.25) is 0 Å². The largest absolute Gasteiger partial charge is 0.198 e. The van der Waals surface area contributed by atoms with Crippen molar-refractivity contribution in [1.82, 2.24) is 0 Å². The van der Waals surface area contributed by atoms with Crippen LogP contribution in [0.1, 0.15) is 76.2 Å². The maximum Gasteiger partial charge on any atom is 0.0712 e. The molecule has 0 amide bonds. The molecular weight excluding hydrogens is 230 g/mol. The zero-order valence-electron chi connectivity index (χ0n) is 12.3. The van der Waals surface area contributed by atoms with Crippen LogP contribution >= 0.6 is 0 Å². The van der Waals surface area contributed by atoms with Crippen LogP contribution in [0.4, 0.5) is 0 Å². The highest BCUT2D eigenvalue weighted by Gasteiger charge is 2.08. The molecule has 0 fully saturated rings. The third kappa shape index (κ3) is 7.01. The number of unbranched alkanes of at least 4 members (excludes halogenated alkanes) is 7. The van der Waals surface area contributed by atoms with Crippen LogP contribution in [0.15, 0.2) is 30.3 Å². The molecule has 104 valence electrons. The van der Waals surface area contributed by atoms with Crippen LogP contribution in [-0.4, -0.2) is 0 Å². The fourth-order valence-corrected chi connectivity index (χ4v) is 2.47. The molecule has 0 bridgehead atoms. The Labute approximate surface area is 118 Å². The standard InChI is InChI=1S/C18H27N/c1-2-3-4-5-6-7-8-10-15-18(16-19)17-13-11-9-12-14-17/h9,11-14,18H,2-8,10,15H2,1H3. The van der Waals surface area contributed by atoms with Gasteiger partial charge in [0.15, 0.2) is 0 Å². The van der Waals surface area contributed by atoms with E-state index in [0.29, 0.717) is 0 Å². The van der Waals surface area contributed by atoms with Crippen LogP contribution in [0.25, 0.3) is 0 Å². The number of benzene rings is 1. The summed E-state index contributed by atoms with van der Waals surface area (Å²) < 4.78 is 0. The second kappa shape index (κ2) is 10.6. The summed E-state index contributed by atoms with van der Waals surface area (Å²) in [4.78, 5) is 0. The first kappa shape index (κ1) is 15.8. The Bertz CT molecular complexity index is 350. The molecular formula is C18H27N. The molecule has 1 heteroatoms. The van der Waals surface area contributed by atoms with Crippen molar-refractivity contribution in [2.45, 2.75) is 70.6 Å². The summed E-state index contributed by atoms with van der Waals surface area (Å²) >= 11 is 0. The molecule has 0 aliphatic rings. The van der Waals surface area contributed by atoms with Gasteiger partial charge < -0.3 is 0 Å². The fraction of sp³-hybridized carbons (Fsp3) is 0.611. The lowest BCUT2D eigenvalue weighted by molar-refractivity contribution is 0.556. The van der Waals surface area contributed by atoms with Crippen LogP contribution in [-0.2, 0) is 0 Å². The van der Waals surface area contributed by atoms with Gasteiger partial charge in [-0.05, 0) is 12.0 Å². The minimum atomic E-state index is 0.0845. The first-order valence-electron chi connectivity index (χ1n) is 7.83. The Hall–Kier alpha value is -1.29. The predicted molar refractivity (Wildman–Crippen MR) is 82.0 cm³/mol. The lowest BCUT2D eigenvalue weighted by atomic mass is 9.94. The van der Waals surface area contributed by atoms with Gasteiger partial charge in [-0.3, -0.25) is 0 Å². The van der Waals surface area contributed by atoms with E-state index in [1.807, 2.05) is 18.2 Å². The second-order valence-electron chi connectivity index (χ2n) is 5.36. The third-order valence-corrected chi connectivity index (χ3v) is 3.70. The minimum absolute atomic E-state index is 0.0845. The molecule has 1 nitrogen and oxygen atoms in total. The van der Waals surface area contributed by atoms with Gasteiger partial charge in [0.05, 0.1) is 12.0 Å². The highest BCUT2D eigenvalue weighted by Crippen LogP contribution is 2.22. The Morgan fingerprint density at radius 1 is 0.895 bits per heavy atom. The van der Waals surface area contributed by atoms with Gasteiger partial charge in [0, 0.05) is 0 Å². The van der Waals surface area contributed by atoms with Crippen molar-refractivity contribution < 1.29 is 0 Å². The van der Waals surface area contributed by atoms with E-state index in [1.165, 1.54) is 56.9 Å². The van der Waals surface area contributed by atoms with Crippen molar-refractivity contribution in [3.05, 3.63) is 35.9 Å². The van der Waals surface area contributed by atoms with E-state index in [-0.39, 0.29) is 5.92 Å². The van der Waals surface area contributed by atoms with E-state index in [4.69, 9.17) is 0 Å². The van der Waals surface area contributed by atoms with Gasteiger partial charge >= 0.3 is 0 Å². The molecule has 0 saturated carbocycles. The molecule has 19 heavy (non-hydrogen) atoms. The number of hydrogen-bond acceptors (Lipinski definition) is 1. The summed E-state index contributed by atoms with van der Waals surface area (Å²) in [5.74, 6) is 0.0845. The normalized spacial score (nSPS) is 12.0. The topological polar surface area (TPSA) is 23.8 Å². The SMILES string of the molecule is CCCCCCCCCCC(C#N)c1ccccc1. The van der Waals surface area contributed by atoms with E-state index >= 15 is 0 Å². The van der Waals surface area contributed by atoms with E-state index in [0.717, 1.165) is 6.42 Å². The minimum Gasteiger partial charge on any atom is -0.198 e. The highest BCUT2D eigenvalue weighted by molar-refractivity contribution is 5.24. The van der Waals surface area contributed by atoms with Crippen molar-refractivity contribution in [2.75, 3.05) is 0 Å². The van der Waals surface area contributed by atoms with Crippen LogP contribution in [0.5, 0.6) is 0 Å². The van der Waals surface area contributed by atoms with Gasteiger partial charge in [-0.1, -0.05) is 88.6 Å². The summed E-state index contributed by atoms with van der Waals surface area (Å²) in [6, 6.07) is 12.6. The molecule has 1 rings (SSSR count). The molecule has 1 atom stereocenters. The van der Waals surface area contributed by atoms with Crippen LogP contribution in [0.2, 0.25) is 0 Å². The van der Waals surface area contributed by atoms with Crippen LogP contribution < -0.4 is 0 Å². The number of nitriles is 1. The summed E-state index contributed by atoms with van der Waals surface area (Å²) in [5.41, 5.74) is 1.17. The highest BCUT2D eigenvalue weighted by atomic mass is 14.3. The molecule has 0 saturated heterocycles. The molecule has 0 aliphatic heterocycles. The lowest BCUT2D eigenvalue weighted by Crippen LogP contribution is -1.95. The molecule has 1 aromatic carbocycles. The average molecular weight is 257 g/mol. The van der Waals surface area contributed by atoms with Gasteiger partial charge in [0.25, 0.3) is 0 Å². The van der Waals surface area contributed by atoms with Crippen molar-refractivity contribution in [3.63, 3.8) is 0 Å². The van der Waals surface area contributed by atoms with Gasteiger partial charge in [-0.15, -0.1) is 0 Å². The second-order valence-corrected chi connectivity index (χ2v) is 5.36. The molecule has 0 aromatic heterocycles. The van der Waals surface area contributed by atoms with Crippen LogP contribution in [0, 0.1) is 11.3 Å². The summed E-state index contributed by atoms with van der Waals surface area (Å²) in [5, 5.41) is 9.23. The number of rotatable bonds is 10. The first-order valence-corrected chi connectivity index (χ1v) is 7.83. The Morgan fingerprint density at radius 2 is 1.47 bits per heavy atom. The number of nitrogens with zero attached hydrogens (tertiary/aromatic N) is 1. The van der Waals surface area contributed by atoms with E-state index in [2.05, 4.69) is 25.1 Å². The number of hydrogen-bond donors (Lipinski definition) is 0. The molecule has 0 spiro atoms. The third-order valence-electron chi connectivity index (χ3n) is 3.70. The van der Waals surface area contributed by atoms with Gasteiger partial charge in [-0.25, -0.2) is 0 Å². The van der Waals surface area contributed by atoms with Crippen molar-refractivity contribution in [1.29, 1.82) is 5.26 Å². The lowest BCUT2D eigenvalue weighted by Gasteiger charge is -2.09. The Balaban J connectivity index is 2.09. The first-order chi connectivity index (χ1) is 9.38. The van der Waals surface area contributed by atoms with E-state index < -0.39 is 0 Å². The Kier molecular flexibility index (Phi) is 8.81. The van der Waals surface area contributed by atoms with E-state index in [1.54, 1.807) is 0 Å². The zero-order valence-corrected chi connectivity index (χ0v) is 12.3. The van der Waals surface area contributed by atoms with Gasteiger partial charge in [0.1, 0.15) is 0 Å². The zero-order chi connectivity index (χ0) is 13.8. The van der Waals surface area contributed by atoms with E-state index in [9.17, 15) is 5.26 Å². The molecule has 0 aliphatic carbocycles. The predicted octanol–water partition coefficient (Wildman–Crippen LogP) is 5.82. The quantitative estimate of drug-likeness (QED) is 0.484. The molecule has 0 heterocycles. The molecule has 1 unspecified atom stereocenters. The van der Waals surface area contributed by atoms with Crippen LogP contribution in [0.3, 0.4) is 0 Å². The smallest absolute Gasteiger partial charge is 0.0712 e. The Morgan fingerprint density at radius 3 is 2.05 bits per heavy atom. The summed E-state index contributed by atoms with van der Waals surface area (Å²) in [6.45, 7) is 2.26. The molecule has 0 radical (unpaired) electrons. The summed E-state index contributed by atoms with van der Waals surface area (Å²) in [6.07, 6.45) is 11.6. The maximum absolute atomic E-state index is 9.23. The van der Waals surface area contributed by atoms with Gasteiger partial charge in [-0.2, -0.15) is 5.26 Å². The average Bonchev–Trinajstić information content (AvgIpc) is 2.47. The van der Waals surface area contributed by atoms with Crippen molar-refractivity contribution >= 4 is 0 Å². The van der Waals surface area contributed by atoms with Crippen molar-refractivity contribution in [3.8, 4) is 6.07 Å². The molecule has 1 aromatic rings. The molecule has 0 N–H and O–H groups in total. The monoisotopic (exact) mass is 257 g/mol. The maximum atomic E-state index is 9.23. The summed E-state index contributed by atoms with van der Waals surface area (Å²) in [7, 11) is 0. The van der Waals surface area contributed by atoms with Crippen molar-refractivity contribution in [2.24, 2.45) is 0 Å². The fourth-order valence-electron chi connectivity index (χ4n) is 2.47.